The molecule has 23 heavy (non-hydrogen) atoms. The van der Waals surface area contributed by atoms with E-state index in [0.717, 1.165) is 19.3 Å². The molecule has 0 radical (unpaired) electrons. The lowest BCUT2D eigenvalue weighted by molar-refractivity contribution is 0.0697. The molecular weight excluding hydrogens is 318 g/mol. The zero-order valence-electron chi connectivity index (χ0n) is 12.5. The molecule has 1 aliphatic carbocycles. The van der Waals surface area contributed by atoms with Gasteiger partial charge in [0.05, 0.1) is 16.3 Å². The summed E-state index contributed by atoms with van der Waals surface area (Å²) in [4.78, 5) is 21.8. The Morgan fingerprint density at radius 3 is 2.61 bits per heavy atom. The fourth-order valence-corrected chi connectivity index (χ4v) is 3.62. The first kappa shape index (κ1) is 15.6. The van der Waals surface area contributed by atoms with Crippen molar-refractivity contribution in [2.45, 2.75) is 37.8 Å². The summed E-state index contributed by atoms with van der Waals surface area (Å²) < 4.78 is 0. The van der Waals surface area contributed by atoms with Crippen molar-refractivity contribution in [3.63, 3.8) is 0 Å². The molecule has 1 heterocycles. The van der Waals surface area contributed by atoms with Gasteiger partial charge in [0.25, 0.3) is 0 Å². The number of nitrogens with zero attached hydrogens (tertiary/aromatic N) is 3. The lowest BCUT2D eigenvalue weighted by Crippen LogP contribution is -2.58. The number of hydrogen-bond acceptors (Lipinski definition) is 6. The van der Waals surface area contributed by atoms with E-state index in [0.29, 0.717) is 23.6 Å². The van der Waals surface area contributed by atoms with Gasteiger partial charge in [-0.05, 0) is 37.8 Å². The first-order chi connectivity index (χ1) is 10.9. The molecule has 1 fully saturated rings. The summed E-state index contributed by atoms with van der Waals surface area (Å²) >= 11 is 6.32. The summed E-state index contributed by atoms with van der Waals surface area (Å²) in [5.74, 6) is -0.844. The molecule has 3 rings (SSSR count). The Hall–Kier alpha value is -2.28. The van der Waals surface area contributed by atoms with E-state index >= 15 is 0 Å². The zero-order chi connectivity index (χ0) is 16.6. The van der Waals surface area contributed by atoms with E-state index in [-0.39, 0.29) is 17.5 Å². The Labute approximate surface area is 138 Å². The Kier molecular flexibility index (Phi) is 3.89. The average Bonchev–Trinajstić information content (AvgIpc) is 2.48. The molecule has 1 aliphatic heterocycles. The van der Waals surface area contributed by atoms with Crippen molar-refractivity contribution in [3.8, 4) is 0 Å². The van der Waals surface area contributed by atoms with Crippen LogP contribution in [0.15, 0.2) is 28.2 Å². The van der Waals surface area contributed by atoms with Gasteiger partial charge in [-0.3, -0.25) is 4.90 Å². The van der Waals surface area contributed by atoms with Gasteiger partial charge in [0, 0.05) is 0 Å². The highest BCUT2D eigenvalue weighted by Crippen LogP contribution is 2.43. The number of aromatic carboxylic acids is 1. The van der Waals surface area contributed by atoms with Gasteiger partial charge >= 0.3 is 5.97 Å². The molecule has 122 valence electrons. The van der Waals surface area contributed by atoms with Crippen LogP contribution in [0, 0.1) is 0 Å². The number of carboxylic acids is 1. The van der Waals surface area contributed by atoms with Gasteiger partial charge in [0.2, 0.25) is 11.9 Å². The maximum atomic E-state index is 11.6. The smallest absolute Gasteiger partial charge is 0.337 e. The molecule has 1 spiro atoms. The van der Waals surface area contributed by atoms with Crippen LogP contribution in [0.2, 0.25) is 5.02 Å². The third kappa shape index (κ3) is 2.61. The van der Waals surface area contributed by atoms with E-state index in [2.05, 4.69) is 9.98 Å². The fourth-order valence-electron chi connectivity index (χ4n) is 3.36. The molecule has 8 heteroatoms. The highest BCUT2D eigenvalue weighted by Gasteiger charge is 2.44. The minimum Gasteiger partial charge on any atom is -0.478 e. The number of halogens is 1. The number of rotatable bonds is 2. The highest BCUT2D eigenvalue weighted by molar-refractivity contribution is 6.35. The van der Waals surface area contributed by atoms with Crippen molar-refractivity contribution in [2.75, 3.05) is 4.90 Å². The second kappa shape index (κ2) is 5.73. The molecule has 0 atom stereocenters. The quantitative estimate of drug-likeness (QED) is 0.765. The third-order valence-electron chi connectivity index (χ3n) is 4.29. The Morgan fingerprint density at radius 1 is 1.26 bits per heavy atom. The molecule has 0 amide bonds. The first-order valence-corrected chi connectivity index (χ1v) is 7.84. The number of hydrogen-bond donors (Lipinski definition) is 3. The molecule has 0 bridgehead atoms. The normalized spacial score (nSPS) is 20.1. The number of guanidine groups is 2. The van der Waals surface area contributed by atoms with Crippen molar-refractivity contribution in [1.29, 1.82) is 0 Å². The topological polar surface area (TPSA) is 117 Å². The van der Waals surface area contributed by atoms with Crippen molar-refractivity contribution >= 4 is 35.2 Å². The van der Waals surface area contributed by atoms with Gasteiger partial charge in [-0.15, -0.1) is 0 Å². The van der Waals surface area contributed by atoms with Crippen LogP contribution in [-0.2, 0) is 0 Å². The van der Waals surface area contributed by atoms with Crippen LogP contribution in [0.4, 0.5) is 5.69 Å². The molecule has 1 aromatic carbocycles. The Balaban J connectivity index is 2.21. The van der Waals surface area contributed by atoms with Crippen LogP contribution >= 0.6 is 11.6 Å². The number of anilines is 1. The summed E-state index contributed by atoms with van der Waals surface area (Å²) in [7, 11) is 0. The predicted octanol–water partition coefficient (Wildman–Crippen LogP) is 2.15. The van der Waals surface area contributed by atoms with Crippen molar-refractivity contribution in [3.05, 3.63) is 28.8 Å². The van der Waals surface area contributed by atoms with Gasteiger partial charge in [-0.2, -0.15) is 4.99 Å². The number of carbonyl (C=O) groups is 1. The number of para-hydroxylation sites is 1. The average molecular weight is 336 g/mol. The molecule has 7 nitrogen and oxygen atoms in total. The van der Waals surface area contributed by atoms with Crippen LogP contribution in [0.5, 0.6) is 0 Å². The first-order valence-electron chi connectivity index (χ1n) is 7.46. The second-order valence-corrected chi connectivity index (χ2v) is 6.17. The molecule has 5 N–H and O–H groups in total. The highest BCUT2D eigenvalue weighted by atomic mass is 35.5. The zero-order valence-corrected chi connectivity index (χ0v) is 13.3. The molecule has 1 saturated carbocycles. The largest absolute Gasteiger partial charge is 0.478 e. The van der Waals surface area contributed by atoms with E-state index in [1.54, 1.807) is 17.0 Å². The van der Waals surface area contributed by atoms with Crippen molar-refractivity contribution in [1.82, 2.24) is 0 Å². The Morgan fingerprint density at radius 2 is 1.96 bits per heavy atom. The number of benzene rings is 1. The van der Waals surface area contributed by atoms with Gasteiger partial charge in [-0.25, -0.2) is 9.79 Å². The van der Waals surface area contributed by atoms with Crippen LogP contribution in [-0.4, -0.2) is 28.7 Å². The maximum absolute atomic E-state index is 11.6. The minimum atomic E-state index is -1.08. The van der Waals surface area contributed by atoms with Gasteiger partial charge < -0.3 is 16.6 Å². The minimum absolute atomic E-state index is 0.0660. The van der Waals surface area contributed by atoms with Crippen LogP contribution in [0.3, 0.4) is 0 Å². The molecular formula is C15H18ClN5O2. The van der Waals surface area contributed by atoms with Gasteiger partial charge in [-0.1, -0.05) is 24.1 Å². The van der Waals surface area contributed by atoms with E-state index in [1.807, 2.05) is 0 Å². The molecule has 2 aliphatic rings. The Bertz CT molecular complexity index is 710. The van der Waals surface area contributed by atoms with E-state index in [9.17, 15) is 9.90 Å². The summed E-state index contributed by atoms with van der Waals surface area (Å²) in [5, 5.41) is 9.81. The van der Waals surface area contributed by atoms with Crippen LogP contribution in [0.25, 0.3) is 0 Å². The molecule has 0 unspecified atom stereocenters. The lowest BCUT2D eigenvalue weighted by Gasteiger charge is -2.46. The molecule has 0 aromatic heterocycles. The lowest BCUT2D eigenvalue weighted by atomic mass is 9.87. The van der Waals surface area contributed by atoms with E-state index in [4.69, 9.17) is 23.1 Å². The van der Waals surface area contributed by atoms with Crippen LogP contribution < -0.4 is 16.4 Å². The van der Waals surface area contributed by atoms with E-state index < -0.39 is 11.6 Å². The summed E-state index contributed by atoms with van der Waals surface area (Å²) in [6, 6.07) is 4.72. The standard InChI is InChI=1S/C15H18ClN5O2/c16-10-6-4-5-9(12(22)23)11(10)21-14(18)19-13(17)20-15(21)7-2-1-3-8-15/h4-6H,1-3,7-8H2,(H,22,23)(H4,17,18,19,20). The summed E-state index contributed by atoms with van der Waals surface area (Å²) in [6.45, 7) is 0. The number of carboxylic acid groups (broad SMARTS) is 1. The third-order valence-corrected chi connectivity index (χ3v) is 4.60. The molecule has 0 saturated heterocycles. The van der Waals surface area contributed by atoms with E-state index in [1.165, 1.54) is 6.07 Å². The SMILES string of the molecule is NC1=NC2(CCCCC2)N(c2c(Cl)cccc2C(=O)O)C(N)=N1. The number of nitrogens with two attached hydrogens (primary N) is 2. The summed E-state index contributed by atoms with van der Waals surface area (Å²) in [5.41, 5.74) is 11.6. The number of aliphatic imine (C=N–C) groups is 2. The summed E-state index contributed by atoms with van der Waals surface area (Å²) in [6.07, 6.45) is 4.43. The molecule has 1 aromatic rings. The van der Waals surface area contributed by atoms with Crippen molar-refractivity contribution < 1.29 is 9.90 Å². The maximum Gasteiger partial charge on any atom is 0.337 e. The monoisotopic (exact) mass is 335 g/mol. The second-order valence-electron chi connectivity index (χ2n) is 5.76. The predicted molar refractivity (Wildman–Crippen MR) is 90.0 cm³/mol. The van der Waals surface area contributed by atoms with Crippen molar-refractivity contribution in [2.24, 2.45) is 21.5 Å². The fraction of sp³-hybridized carbons (Fsp3) is 0.400. The van der Waals surface area contributed by atoms with Crippen LogP contribution in [0.1, 0.15) is 42.5 Å². The van der Waals surface area contributed by atoms with Gasteiger partial charge in [0.15, 0.2) is 0 Å². The van der Waals surface area contributed by atoms with Gasteiger partial charge in [0.1, 0.15) is 5.66 Å².